The zero-order valence-corrected chi connectivity index (χ0v) is 29.7. The Morgan fingerprint density at radius 1 is 0.468 bits per heavy atom. The predicted molar refractivity (Wildman–Crippen MR) is 192 cm³/mol. The molecule has 2 rings (SSSR count). The van der Waals surface area contributed by atoms with Crippen molar-refractivity contribution in [3.8, 4) is 11.5 Å². The maximum absolute atomic E-state index is 12.6. The van der Waals surface area contributed by atoms with Crippen molar-refractivity contribution in [3.05, 3.63) is 58.7 Å². The fourth-order valence-electron chi connectivity index (χ4n) is 6.07. The molecule has 264 valence electrons. The monoisotopic (exact) mass is 652 g/mol. The Morgan fingerprint density at radius 3 is 1.13 bits per heavy atom. The number of phenols is 2. The molecule has 6 nitrogen and oxygen atoms in total. The Kier molecular flexibility index (Phi) is 22.2. The highest BCUT2D eigenvalue weighted by Crippen LogP contribution is 2.27. The third-order valence-electron chi connectivity index (χ3n) is 9.03. The van der Waals surface area contributed by atoms with Gasteiger partial charge in [-0.3, -0.25) is 0 Å². The summed E-state index contributed by atoms with van der Waals surface area (Å²) in [4.78, 5) is 25.3. The van der Waals surface area contributed by atoms with Gasteiger partial charge in [-0.05, 0) is 48.9 Å². The molecule has 0 atom stereocenters. The number of carbonyl (C=O) groups excluding carboxylic acids is 2. The third-order valence-corrected chi connectivity index (χ3v) is 9.03. The lowest BCUT2D eigenvalue weighted by molar-refractivity contribution is 0.0393. The van der Waals surface area contributed by atoms with E-state index in [0.717, 1.165) is 49.7 Å². The molecule has 0 bridgehead atoms. The zero-order valence-electron chi connectivity index (χ0n) is 29.7. The molecule has 47 heavy (non-hydrogen) atoms. The van der Waals surface area contributed by atoms with Crippen molar-refractivity contribution in [3.63, 3.8) is 0 Å². The summed E-state index contributed by atoms with van der Waals surface area (Å²) in [6.07, 6.45) is 26.7. The van der Waals surface area contributed by atoms with E-state index in [4.69, 9.17) is 9.47 Å². The molecule has 2 aromatic rings. The number of aryl methyl sites for hydroxylation is 2. The van der Waals surface area contributed by atoms with Gasteiger partial charge in [-0.25, -0.2) is 9.59 Å². The van der Waals surface area contributed by atoms with Crippen LogP contribution < -0.4 is 0 Å². The van der Waals surface area contributed by atoms with E-state index in [2.05, 4.69) is 13.8 Å². The molecule has 0 aliphatic carbocycles. The topological polar surface area (TPSA) is 93.1 Å². The van der Waals surface area contributed by atoms with E-state index < -0.39 is 11.9 Å². The van der Waals surface area contributed by atoms with E-state index in [0.29, 0.717) is 6.42 Å². The first-order valence-corrected chi connectivity index (χ1v) is 19.0. The highest BCUT2D eigenvalue weighted by molar-refractivity contribution is 5.93. The number of phenolic OH excluding ortho intramolecular Hbond substituents is 2. The second kappa shape index (κ2) is 26.0. The Labute approximate surface area is 285 Å². The second-order valence-corrected chi connectivity index (χ2v) is 13.1. The van der Waals surface area contributed by atoms with E-state index >= 15 is 0 Å². The van der Waals surface area contributed by atoms with E-state index in [-0.39, 0.29) is 35.8 Å². The quantitative estimate of drug-likeness (QED) is 0.0702. The van der Waals surface area contributed by atoms with Crippen LogP contribution in [0.3, 0.4) is 0 Å². The molecule has 0 unspecified atom stereocenters. The summed E-state index contributed by atoms with van der Waals surface area (Å²) in [5.74, 6) is -1.19. The molecule has 0 spiro atoms. The van der Waals surface area contributed by atoms with Crippen molar-refractivity contribution in [1.82, 2.24) is 0 Å². The maximum Gasteiger partial charge on any atom is 0.341 e. The molecule has 0 radical (unpaired) electrons. The molecule has 6 heteroatoms. The zero-order chi connectivity index (χ0) is 34.0. The van der Waals surface area contributed by atoms with Gasteiger partial charge >= 0.3 is 11.9 Å². The van der Waals surface area contributed by atoms with Crippen molar-refractivity contribution in [1.29, 1.82) is 0 Å². The van der Waals surface area contributed by atoms with Gasteiger partial charge in [0.1, 0.15) is 22.6 Å². The van der Waals surface area contributed by atoms with Crippen molar-refractivity contribution in [2.45, 2.75) is 162 Å². The number of hydrogen-bond donors (Lipinski definition) is 2. The minimum Gasteiger partial charge on any atom is -0.507 e. The SMILES string of the molecule is CCCCCCCCCCCCc1cccc(C(=O)OCCCOC(=O)c2cccc(CCCCCCCCCCCC)c2O)c1O. The summed E-state index contributed by atoms with van der Waals surface area (Å²) < 4.78 is 10.7. The molecule has 0 fully saturated rings. The number of rotatable bonds is 28. The van der Waals surface area contributed by atoms with Crippen LogP contribution in [0.1, 0.15) is 181 Å². The lowest BCUT2D eigenvalue weighted by Crippen LogP contribution is -2.12. The number of hydrogen-bond acceptors (Lipinski definition) is 6. The van der Waals surface area contributed by atoms with Gasteiger partial charge in [0.2, 0.25) is 0 Å². The van der Waals surface area contributed by atoms with Gasteiger partial charge in [-0.1, -0.05) is 154 Å². The van der Waals surface area contributed by atoms with E-state index in [1.165, 1.54) is 103 Å². The Morgan fingerprint density at radius 2 is 0.787 bits per heavy atom. The number of ether oxygens (including phenoxy) is 2. The van der Waals surface area contributed by atoms with Crippen LogP contribution in [-0.4, -0.2) is 35.4 Å². The number of para-hydroxylation sites is 2. The predicted octanol–water partition coefficient (Wildman–Crippen LogP) is 11.4. The Bertz CT molecular complexity index is 1040. The Hall–Kier alpha value is -3.02. The molecule has 0 aliphatic heterocycles. The Balaban J connectivity index is 1.63. The highest BCUT2D eigenvalue weighted by atomic mass is 16.5. The lowest BCUT2D eigenvalue weighted by Gasteiger charge is -2.11. The molecule has 0 saturated heterocycles. The first-order chi connectivity index (χ1) is 23.0. The summed E-state index contributed by atoms with van der Waals surface area (Å²) in [5, 5.41) is 21.4. The maximum atomic E-state index is 12.6. The van der Waals surface area contributed by atoms with E-state index in [1.54, 1.807) is 24.3 Å². The number of benzene rings is 2. The average Bonchev–Trinajstić information content (AvgIpc) is 3.07. The molecule has 0 heterocycles. The molecule has 0 aromatic heterocycles. The van der Waals surface area contributed by atoms with Gasteiger partial charge in [-0.2, -0.15) is 0 Å². The fourth-order valence-corrected chi connectivity index (χ4v) is 6.07. The second-order valence-electron chi connectivity index (χ2n) is 13.1. The van der Waals surface area contributed by atoms with Gasteiger partial charge in [0.05, 0.1) is 13.2 Å². The van der Waals surface area contributed by atoms with Crippen LogP contribution in [0.25, 0.3) is 0 Å². The fraction of sp³-hybridized carbons (Fsp3) is 0.659. The van der Waals surface area contributed by atoms with Crippen LogP contribution in [-0.2, 0) is 22.3 Å². The van der Waals surface area contributed by atoms with Crippen LogP contribution in [0, 0.1) is 0 Å². The summed E-state index contributed by atoms with van der Waals surface area (Å²) in [6, 6.07) is 10.4. The van der Waals surface area contributed by atoms with Crippen molar-refractivity contribution < 1.29 is 29.3 Å². The lowest BCUT2D eigenvalue weighted by atomic mass is 10.0. The summed E-state index contributed by atoms with van der Waals surface area (Å²) in [5.41, 5.74) is 1.86. The molecule has 2 N–H and O–H groups in total. The minimum absolute atomic E-state index is 0.00647. The van der Waals surface area contributed by atoms with Gasteiger partial charge < -0.3 is 19.7 Å². The number of aromatic hydroxyl groups is 2. The van der Waals surface area contributed by atoms with Gasteiger partial charge in [0.25, 0.3) is 0 Å². The van der Waals surface area contributed by atoms with Crippen LogP contribution >= 0.6 is 0 Å². The molecule has 0 aliphatic rings. The number of esters is 2. The van der Waals surface area contributed by atoms with Crippen molar-refractivity contribution in [2.24, 2.45) is 0 Å². The first kappa shape index (κ1) is 40.2. The van der Waals surface area contributed by atoms with Crippen LogP contribution in [0.4, 0.5) is 0 Å². The van der Waals surface area contributed by atoms with Crippen LogP contribution in [0.15, 0.2) is 36.4 Å². The first-order valence-electron chi connectivity index (χ1n) is 19.0. The summed E-state index contributed by atoms with van der Waals surface area (Å²) >= 11 is 0. The number of carbonyl (C=O) groups is 2. The van der Waals surface area contributed by atoms with Gasteiger partial charge in [-0.15, -0.1) is 0 Å². The van der Waals surface area contributed by atoms with Crippen LogP contribution in [0.2, 0.25) is 0 Å². The van der Waals surface area contributed by atoms with E-state index in [1.807, 2.05) is 12.1 Å². The average molecular weight is 653 g/mol. The van der Waals surface area contributed by atoms with Gasteiger partial charge in [0, 0.05) is 6.42 Å². The van der Waals surface area contributed by atoms with Crippen molar-refractivity contribution in [2.75, 3.05) is 13.2 Å². The highest BCUT2D eigenvalue weighted by Gasteiger charge is 2.17. The third kappa shape index (κ3) is 17.1. The molecule has 2 aromatic carbocycles. The van der Waals surface area contributed by atoms with Crippen LogP contribution in [0.5, 0.6) is 11.5 Å². The van der Waals surface area contributed by atoms with E-state index in [9.17, 15) is 19.8 Å². The largest absolute Gasteiger partial charge is 0.507 e. The summed E-state index contributed by atoms with van der Waals surface area (Å²) in [7, 11) is 0. The molecule has 0 amide bonds. The molecular formula is C41H64O6. The normalized spacial score (nSPS) is 11.1. The smallest absolute Gasteiger partial charge is 0.341 e. The minimum atomic E-state index is -0.587. The standard InChI is InChI=1S/C41H64O6/c1-3-5-7-9-11-13-15-17-19-21-26-34-28-23-30-36(38(34)42)40(44)46-32-25-33-47-41(45)37-31-24-29-35(39(37)43)27-22-20-18-16-14-12-10-8-6-4-2/h23-24,28-31,42-43H,3-22,25-27,32-33H2,1-2H3. The summed E-state index contributed by atoms with van der Waals surface area (Å²) in [6.45, 7) is 4.59. The molecule has 0 saturated carbocycles. The molecular weight excluding hydrogens is 588 g/mol. The van der Waals surface area contributed by atoms with Crippen molar-refractivity contribution >= 4 is 11.9 Å². The van der Waals surface area contributed by atoms with Gasteiger partial charge in [0.15, 0.2) is 0 Å². The number of unbranched alkanes of at least 4 members (excludes halogenated alkanes) is 18.